The van der Waals surface area contributed by atoms with E-state index in [1.54, 1.807) is 0 Å². The van der Waals surface area contributed by atoms with Crippen LogP contribution in [0.2, 0.25) is 0 Å². The molecular weight excluding hydrogens is 548 g/mol. The van der Waals surface area contributed by atoms with Gasteiger partial charge in [-0.1, -0.05) is 24.5 Å². The fourth-order valence-electron chi connectivity index (χ4n) is 5.44. The summed E-state index contributed by atoms with van der Waals surface area (Å²) in [7, 11) is 1.12. The summed E-state index contributed by atoms with van der Waals surface area (Å²) < 4.78 is 85.8. The van der Waals surface area contributed by atoms with Gasteiger partial charge in [-0.15, -0.1) is 0 Å². The Balaban J connectivity index is 1.77. The van der Waals surface area contributed by atoms with Gasteiger partial charge in [-0.3, -0.25) is 4.90 Å². The lowest BCUT2D eigenvalue weighted by atomic mass is 10.0. The van der Waals surface area contributed by atoms with E-state index in [4.69, 9.17) is 9.72 Å². The van der Waals surface area contributed by atoms with E-state index in [9.17, 15) is 31.1 Å². The number of aryl methyl sites for hydroxylation is 1. The van der Waals surface area contributed by atoms with Gasteiger partial charge in [-0.05, 0) is 74.6 Å². The van der Waals surface area contributed by atoms with E-state index >= 15 is 0 Å². The van der Waals surface area contributed by atoms with Gasteiger partial charge in [-0.2, -0.15) is 26.3 Å². The first-order valence-corrected chi connectivity index (χ1v) is 13.5. The Morgan fingerprint density at radius 3 is 2.15 bits per heavy atom. The van der Waals surface area contributed by atoms with Crippen molar-refractivity contribution in [3.05, 3.63) is 70.3 Å². The lowest BCUT2D eigenvalue weighted by Crippen LogP contribution is -2.33. The molecule has 0 N–H and O–H groups in total. The Morgan fingerprint density at radius 2 is 1.59 bits per heavy atom. The second-order valence-electron chi connectivity index (χ2n) is 10.6. The van der Waals surface area contributed by atoms with Crippen molar-refractivity contribution in [2.24, 2.45) is 5.92 Å². The summed E-state index contributed by atoms with van der Waals surface area (Å²) in [6.45, 7) is 4.66. The second kappa shape index (κ2) is 12.2. The van der Waals surface area contributed by atoms with Crippen LogP contribution in [0.3, 0.4) is 0 Å². The highest BCUT2D eigenvalue weighted by Gasteiger charge is 2.37. The Bertz CT molecular complexity index is 1350. The maximum atomic E-state index is 13.5. The first-order valence-electron chi connectivity index (χ1n) is 13.5. The molecule has 1 aliphatic rings. The number of methoxy groups -OCH3 is 1. The Hall–Kier alpha value is -3.50. The summed E-state index contributed by atoms with van der Waals surface area (Å²) in [5.74, 6) is 1.12. The monoisotopic (exact) mass is 581 g/mol. The molecule has 3 aromatic rings. The number of rotatable bonds is 8. The number of benzene rings is 2. The molecule has 1 heterocycles. The van der Waals surface area contributed by atoms with E-state index in [0.29, 0.717) is 36.0 Å². The van der Waals surface area contributed by atoms with E-state index < -0.39 is 36.1 Å². The molecule has 11 heteroatoms. The largest absolute Gasteiger partial charge is 0.453 e. The maximum Gasteiger partial charge on any atom is 0.416 e. The number of amides is 1. The van der Waals surface area contributed by atoms with E-state index in [1.165, 1.54) is 0 Å². The van der Waals surface area contributed by atoms with Crippen molar-refractivity contribution < 1.29 is 35.9 Å². The minimum absolute atomic E-state index is 0.0713. The highest BCUT2D eigenvalue weighted by atomic mass is 19.4. The van der Waals surface area contributed by atoms with Crippen LogP contribution in [0.5, 0.6) is 0 Å². The quantitative estimate of drug-likeness (QED) is 0.251. The zero-order valence-electron chi connectivity index (χ0n) is 23.2. The molecule has 0 unspecified atom stereocenters. The van der Waals surface area contributed by atoms with Crippen molar-refractivity contribution in [3.63, 3.8) is 0 Å². The molecule has 1 amide bonds. The third-order valence-corrected chi connectivity index (χ3v) is 7.48. The van der Waals surface area contributed by atoms with Gasteiger partial charge in [0.15, 0.2) is 0 Å². The normalized spacial score (nSPS) is 14.5. The van der Waals surface area contributed by atoms with Crippen LogP contribution >= 0.6 is 0 Å². The molecule has 5 nitrogen and oxygen atoms in total. The van der Waals surface area contributed by atoms with Crippen molar-refractivity contribution in [2.45, 2.75) is 65.0 Å². The van der Waals surface area contributed by atoms with Crippen molar-refractivity contribution in [2.75, 3.05) is 25.1 Å². The van der Waals surface area contributed by atoms with Crippen LogP contribution in [0.1, 0.15) is 60.4 Å². The zero-order chi connectivity index (χ0) is 29.9. The average molecular weight is 582 g/mol. The minimum atomic E-state index is -5.00. The molecular formula is C30H33F6N3O2. The molecule has 0 aliphatic heterocycles. The number of nitrogens with zero attached hydrogens (tertiary/aromatic N) is 3. The molecule has 0 saturated heterocycles. The number of pyridine rings is 1. The van der Waals surface area contributed by atoms with Gasteiger partial charge < -0.3 is 9.64 Å². The minimum Gasteiger partial charge on any atom is -0.453 e. The molecule has 1 aromatic heterocycles. The summed E-state index contributed by atoms with van der Waals surface area (Å²) >= 11 is 0. The van der Waals surface area contributed by atoms with Gasteiger partial charge in [0, 0.05) is 30.6 Å². The molecule has 0 radical (unpaired) electrons. The molecule has 0 atom stereocenters. The number of halogens is 6. The van der Waals surface area contributed by atoms with Crippen LogP contribution in [0.4, 0.5) is 37.0 Å². The van der Waals surface area contributed by atoms with Crippen LogP contribution in [0, 0.1) is 12.8 Å². The average Bonchev–Trinajstić information content (AvgIpc) is 3.42. The summed E-state index contributed by atoms with van der Waals surface area (Å²) in [5, 5.41) is 0.809. The molecule has 2 aromatic carbocycles. The molecule has 0 spiro atoms. The highest BCUT2D eigenvalue weighted by Crippen LogP contribution is 2.37. The SMILES string of the molecule is CCN(CC1CCCC1)c1nc2ccc(C)cc2cc1CN(Cc1cc(C(F)(F)F)cc(C(F)(F)F)c1)C(=O)OC. The first kappa shape index (κ1) is 30.5. The van der Waals surface area contributed by atoms with Crippen LogP contribution in [0.25, 0.3) is 10.9 Å². The van der Waals surface area contributed by atoms with E-state index in [-0.39, 0.29) is 18.2 Å². The summed E-state index contributed by atoms with van der Waals surface area (Å²) in [5.41, 5.74) is -0.839. The lowest BCUT2D eigenvalue weighted by molar-refractivity contribution is -0.143. The number of carbonyl (C=O) groups is 1. The fourth-order valence-corrected chi connectivity index (χ4v) is 5.44. The third-order valence-electron chi connectivity index (χ3n) is 7.48. The van der Waals surface area contributed by atoms with Crippen molar-refractivity contribution in [3.8, 4) is 0 Å². The number of alkyl halides is 6. The number of fused-ring (bicyclic) bond motifs is 1. The number of ether oxygens (including phenoxy) is 1. The van der Waals surface area contributed by atoms with Crippen LogP contribution in [-0.2, 0) is 30.2 Å². The van der Waals surface area contributed by atoms with Gasteiger partial charge in [0.2, 0.25) is 0 Å². The van der Waals surface area contributed by atoms with Crippen molar-refractivity contribution >= 4 is 22.8 Å². The lowest BCUT2D eigenvalue weighted by Gasteiger charge is -2.30. The van der Waals surface area contributed by atoms with E-state index in [1.807, 2.05) is 38.1 Å². The Morgan fingerprint density at radius 1 is 0.951 bits per heavy atom. The van der Waals surface area contributed by atoms with Crippen molar-refractivity contribution in [1.29, 1.82) is 0 Å². The molecule has 4 rings (SSSR count). The van der Waals surface area contributed by atoms with Crippen LogP contribution < -0.4 is 4.90 Å². The number of anilines is 1. The van der Waals surface area contributed by atoms with E-state index in [0.717, 1.165) is 60.7 Å². The van der Waals surface area contributed by atoms with E-state index in [2.05, 4.69) is 4.90 Å². The van der Waals surface area contributed by atoms with Crippen LogP contribution in [0.15, 0.2) is 42.5 Å². The van der Waals surface area contributed by atoms with Gasteiger partial charge in [0.1, 0.15) is 5.82 Å². The molecule has 1 fully saturated rings. The molecule has 0 bridgehead atoms. The predicted molar refractivity (Wildman–Crippen MR) is 144 cm³/mol. The topological polar surface area (TPSA) is 45.7 Å². The Labute approximate surface area is 235 Å². The summed E-state index contributed by atoms with van der Waals surface area (Å²) in [6.07, 6.45) is -6.36. The zero-order valence-corrected chi connectivity index (χ0v) is 23.2. The fraction of sp³-hybridized carbons (Fsp3) is 0.467. The number of hydrogen-bond acceptors (Lipinski definition) is 4. The third kappa shape index (κ3) is 7.42. The molecule has 1 saturated carbocycles. The predicted octanol–water partition coefficient (Wildman–Crippen LogP) is 8.37. The summed E-state index contributed by atoms with van der Waals surface area (Å²) in [4.78, 5) is 21.0. The van der Waals surface area contributed by atoms with Gasteiger partial charge in [0.25, 0.3) is 0 Å². The number of hydrogen-bond donors (Lipinski definition) is 0. The van der Waals surface area contributed by atoms with Crippen LogP contribution in [-0.4, -0.2) is 36.2 Å². The molecule has 222 valence electrons. The maximum absolute atomic E-state index is 13.5. The summed E-state index contributed by atoms with van der Waals surface area (Å²) in [6, 6.07) is 9.00. The first-order chi connectivity index (χ1) is 19.3. The standard InChI is InChI=1S/C30H33F6N3O2/c1-4-38(16-20-7-5-6-8-20)27-23(14-22-11-19(2)9-10-26(22)37-27)18-39(28(40)41-3)17-21-12-24(29(31,32)33)15-25(13-21)30(34,35)36/h9-15,20H,4-8,16-18H2,1-3H3. The van der Waals surface area contributed by atoms with Gasteiger partial charge >= 0.3 is 18.4 Å². The molecule has 1 aliphatic carbocycles. The number of carbonyl (C=O) groups excluding carboxylic acids is 1. The second-order valence-corrected chi connectivity index (χ2v) is 10.6. The van der Waals surface area contributed by atoms with Gasteiger partial charge in [-0.25, -0.2) is 9.78 Å². The number of aromatic nitrogens is 1. The van der Waals surface area contributed by atoms with Gasteiger partial charge in [0.05, 0.1) is 30.3 Å². The molecule has 41 heavy (non-hydrogen) atoms. The smallest absolute Gasteiger partial charge is 0.416 e. The van der Waals surface area contributed by atoms with Crippen molar-refractivity contribution in [1.82, 2.24) is 9.88 Å². The Kier molecular flexibility index (Phi) is 9.03. The highest BCUT2D eigenvalue weighted by molar-refractivity contribution is 5.83.